The van der Waals surface area contributed by atoms with Gasteiger partial charge in [-0.1, -0.05) is 80.1 Å². The zero-order valence-electron chi connectivity index (χ0n) is 33.5. The zero-order chi connectivity index (χ0) is 41.1. The maximum absolute atomic E-state index is 13.7. The third-order valence-corrected chi connectivity index (χ3v) is 14.3. The van der Waals surface area contributed by atoms with Gasteiger partial charge in [-0.3, -0.25) is 28.9 Å². The maximum Gasteiger partial charge on any atom is 0.310 e. The molecule has 0 radical (unpaired) electrons. The molecule has 3 aromatic rings. The lowest BCUT2D eigenvalue weighted by Gasteiger charge is -2.59. The average molecular weight is 789 g/mol. The van der Waals surface area contributed by atoms with E-state index in [9.17, 15) is 34.2 Å². The van der Waals surface area contributed by atoms with Crippen LogP contribution in [0.2, 0.25) is 0 Å². The number of aliphatic hydroxyl groups is 2. The molecule has 0 heterocycles. The molecule has 0 bridgehead atoms. The van der Waals surface area contributed by atoms with Gasteiger partial charge in [0.2, 0.25) is 11.7 Å². The molecule has 11 nitrogen and oxygen atoms in total. The standard InChI is InChI=1S/C47H52N2O9/c1-45-19-17-33(50)22-31(45)14-16-34-37-18-20-47(56,46(37,2)24-38(51)40(34)45)39(52)26-58-44(55)36-23-35(36)43(54)57-25-27-9-11-29(12-10-27)41(49(3)4)42(53)48-32-15-13-28-7-5-6-8-30(28)21-32/h5-13,15,17,19,21-22,34-38,40-41,51,56H,14,16,18,20,23-26H2,1-4H3,(H,48,53)/t34-,35?,36?,37-,38-,40+,41?,45-,46-,47-/m0/s1. The smallest absolute Gasteiger partial charge is 0.310 e. The molecule has 0 aromatic heterocycles. The van der Waals surface area contributed by atoms with Crippen molar-refractivity contribution in [3.8, 4) is 0 Å². The van der Waals surface area contributed by atoms with Gasteiger partial charge in [0.25, 0.3) is 0 Å². The predicted molar refractivity (Wildman–Crippen MR) is 216 cm³/mol. The van der Waals surface area contributed by atoms with Gasteiger partial charge < -0.3 is 25.0 Å². The monoisotopic (exact) mass is 788 g/mol. The Morgan fingerprint density at radius 3 is 2.36 bits per heavy atom. The van der Waals surface area contributed by atoms with Crippen molar-refractivity contribution in [2.75, 3.05) is 26.0 Å². The summed E-state index contributed by atoms with van der Waals surface area (Å²) in [5.41, 5.74) is 0.0761. The minimum atomic E-state index is -1.77. The number of nitrogens with zero attached hydrogens (tertiary/aromatic N) is 1. The van der Waals surface area contributed by atoms with Crippen molar-refractivity contribution in [2.45, 2.75) is 76.7 Å². The van der Waals surface area contributed by atoms with Crippen LogP contribution in [0.5, 0.6) is 0 Å². The van der Waals surface area contributed by atoms with Gasteiger partial charge in [0.05, 0.1) is 17.9 Å². The van der Waals surface area contributed by atoms with E-state index in [1.165, 1.54) is 0 Å². The molecule has 8 rings (SSSR count). The summed E-state index contributed by atoms with van der Waals surface area (Å²) in [6.07, 6.45) is 7.17. The predicted octanol–water partition coefficient (Wildman–Crippen LogP) is 5.88. The molecule has 5 aliphatic carbocycles. The first kappa shape index (κ1) is 39.8. The van der Waals surface area contributed by atoms with Crippen molar-refractivity contribution in [3.05, 3.63) is 102 Å². The summed E-state index contributed by atoms with van der Waals surface area (Å²) in [7, 11) is 3.67. The number of carbonyl (C=O) groups is 5. The van der Waals surface area contributed by atoms with E-state index in [0.29, 0.717) is 12.1 Å². The molecular weight excluding hydrogens is 737 g/mol. The number of nitrogens with one attached hydrogen (secondary N) is 1. The second-order valence-electron chi connectivity index (χ2n) is 17.9. The molecule has 0 spiro atoms. The van der Waals surface area contributed by atoms with Gasteiger partial charge in [-0.25, -0.2) is 0 Å². The van der Waals surface area contributed by atoms with Gasteiger partial charge >= 0.3 is 11.9 Å². The summed E-state index contributed by atoms with van der Waals surface area (Å²) in [6, 6.07) is 20.4. The molecule has 5 aliphatic rings. The summed E-state index contributed by atoms with van der Waals surface area (Å²) in [5.74, 6) is -3.55. The highest BCUT2D eigenvalue weighted by Gasteiger charge is 2.68. The van der Waals surface area contributed by atoms with Crippen LogP contribution >= 0.6 is 0 Å². The quantitative estimate of drug-likeness (QED) is 0.200. The van der Waals surface area contributed by atoms with E-state index in [-0.39, 0.29) is 55.3 Å². The van der Waals surface area contributed by atoms with Crippen molar-refractivity contribution >= 4 is 45.9 Å². The second-order valence-corrected chi connectivity index (χ2v) is 17.9. The molecule has 3 aromatic carbocycles. The molecule has 3 unspecified atom stereocenters. The number of hydrogen-bond acceptors (Lipinski definition) is 10. The van der Waals surface area contributed by atoms with E-state index in [4.69, 9.17) is 9.47 Å². The van der Waals surface area contributed by atoms with E-state index in [2.05, 4.69) is 12.2 Å². The molecule has 11 heteroatoms. The van der Waals surface area contributed by atoms with Crippen LogP contribution in [0.25, 0.3) is 10.8 Å². The molecule has 58 heavy (non-hydrogen) atoms. The molecule has 0 aliphatic heterocycles. The Labute approximate surface area is 338 Å². The van der Waals surface area contributed by atoms with E-state index in [0.717, 1.165) is 40.3 Å². The number of fused-ring (bicyclic) bond motifs is 6. The van der Waals surface area contributed by atoms with E-state index in [1.807, 2.05) is 86.6 Å². The first-order valence-corrected chi connectivity index (χ1v) is 20.4. The lowest BCUT2D eigenvalue weighted by atomic mass is 9.46. The number of hydrogen-bond donors (Lipinski definition) is 3. The summed E-state index contributed by atoms with van der Waals surface area (Å²) in [5, 5.41) is 28.8. The number of aliphatic hydroxyl groups excluding tert-OH is 1. The van der Waals surface area contributed by atoms with Crippen LogP contribution in [0.3, 0.4) is 0 Å². The first-order valence-electron chi connectivity index (χ1n) is 20.4. The van der Waals surface area contributed by atoms with Gasteiger partial charge in [-0.05, 0) is 111 Å². The average Bonchev–Trinajstić information content (AvgIpc) is 3.95. The van der Waals surface area contributed by atoms with Crippen LogP contribution in [0, 0.1) is 40.4 Å². The van der Waals surface area contributed by atoms with Crippen LogP contribution in [0.15, 0.2) is 90.5 Å². The van der Waals surface area contributed by atoms with Gasteiger partial charge in [0.15, 0.2) is 12.4 Å². The first-order chi connectivity index (χ1) is 27.6. The third kappa shape index (κ3) is 6.90. The summed E-state index contributed by atoms with van der Waals surface area (Å²) in [4.78, 5) is 67.0. The van der Waals surface area contributed by atoms with E-state index < -0.39 is 64.7 Å². The summed E-state index contributed by atoms with van der Waals surface area (Å²) >= 11 is 0. The fourth-order valence-electron chi connectivity index (χ4n) is 11.1. The molecule has 3 N–H and O–H groups in total. The Hall–Kier alpha value is -4.97. The Bertz CT molecular complexity index is 2230. The van der Waals surface area contributed by atoms with Crippen LogP contribution in [0.1, 0.15) is 69.5 Å². The Balaban J connectivity index is 0.822. The van der Waals surface area contributed by atoms with Crippen molar-refractivity contribution in [1.82, 2.24) is 4.90 Å². The summed E-state index contributed by atoms with van der Waals surface area (Å²) in [6.45, 7) is 3.32. The number of esters is 2. The largest absolute Gasteiger partial charge is 0.461 e. The van der Waals surface area contributed by atoms with Gasteiger partial charge in [0, 0.05) is 22.4 Å². The van der Waals surface area contributed by atoms with E-state index >= 15 is 0 Å². The number of allylic oxidation sites excluding steroid dienone is 4. The number of anilines is 1. The molecule has 1 amide bonds. The highest BCUT2D eigenvalue weighted by molar-refractivity contribution is 6.01. The number of ketones is 2. The van der Waals surface area contributed by atoms with Crippen LogP contribution in [-0.4, -0.2) is 76.9 Å². The fraction of sp³-hybridized carbons (Fsp3) is 0.468. The number of Topliss-reactive ketones (excluding diaryl/α,β-unsaturated/α-hetero) is 1. The number of benzene rings is 3. The van der Waals surface area contributed by atoms with Crippen molar-refractivity contribution in [2.24, 2.45) is 40.4 Å². The van der Waals surface area contributed by atoms with Gasteiger partial charge in [-0.15, -0.1) is 0 Å². The molecule has 0 saturated heterocycles. The van der Waals surface area contributed by atoms with Crippen LogP contribution in [-0.2, 0) is 40.1 Å². The number of carbonyl (C=O) groups excluding carboxylic acids is 5. The second kappa shape index (κ2) is 15.0. The minimum Gasteiger partial charge on any atom is -0.461 e. The van der Waals surface area contributed by atoms with E-state index in [1.54, 1.807) is 24.3 Å². The highest BCUT2D eigenvalue weighted by atomic mass is 16.5. The third-order valence-electron chi connectivity index (χ3n) is 14.3. The Morgan fingerprint density at radius 1 is 0.931 bits per heavy atom. The molecule has 10 atom stereocenters. The highest BCUT2D eigenvalue weighted by Crippen LogP contribution is 2.67. The van der Waals surface area contributed by atoms with Crippen molar-refractivity contribution < 1.29 is 43.7 Å². The molecule has 304 valence electrons. The van der Waals surface area contributed by atoms with Gasteiger partial charge in [-0.2, -0.15) is 0 Å². The van der Waals surface area contributed by atoms with Crippen molar-refractivity contribution in [3.63, 3.8) is 0 Å². The topological polar surface area (TPSA) is 160 Å². The lowest BCUT2D eigenvalue weighted by molar-refractivity contribution is -0.181. The van der Waals surface area contributed by atoms with Crippen LogP contribution in [0.4, 0.5) is 5.69 Å². The number of amides is 1. The normalized spacial score (nSPS) is 32.7. The maximum atomic E-state index is 13.7. The van der Waals surface area contributed by atoms with Crippen LogP contribution < -0.4 is 5.32 Å². The Kier molecular flexibility index (Phi) is 10.3. The number of likely N-dealkylation sites (N-methyl/N-ethyl adjacent to an activating group) is 1. The number of rotatable bonds is 11. The molecular formula is C47H52N2O9. The molecule has 4 fully saturated rings. The number of ether oxygens (including phenoxy) is 2. The van der Waals surface area contributed by atoms with Crippen molar-refractivity contribution in [1.29, 1.82) is 0 Å². The van der Waals surface area contributed by atoms with Gasteiger partial charge in [0.1, 0.15) is 18.2 Å². The molecule has 4 saturated carbocycles. The zero-order valence-corrected chi connectivity index (χ0v) is 33.5. The lowest BCUT2D eigenvalue weighted by Crippen LogP contribution is -2.61. The SMILES string of the molecule is CN(C)C(C(=O)Nc1ccc2ccccc2c1)c1ccc(COC(=O)C2CC2C(=O)OCC(=O)[C@@]2(O)CC[C@H]3[C@@H]4CCC5=CC(=O)C=C[C@]5(C)[C@H]4[C@@H](O)C[C@@]32C)cc1. The minimum absolute atomic E-state index is 0.0164. The fourth-order valence-corrected chi connectivity index (χ4v) is 11.1. The summed E-state index contributed by atoms with van der Waals surface area (Å²) < 4.78 is 11.0. The Morgan fingerprint density at radius 2 is 1.64 bits per heavy atom.